The van der Waals surface area contributed by atoms with Crippen LogP contribution in [0.3, 0.4) is 0 Å². The van der Waals surface area contributed by atoms with Crippen molar-refractivity contribution in [2.75, 3.05) is 32.7 Å². The molecule has 1 saturated carbocycles. The molecule has 0 unspecified atom stereocenters. The van der Waals surface area contributed by atoms with Gasteiger partial charge in [0.2, 0.25) is 0 Å². The molecule has 0 aromatic carbocycles. The van der Waals surface area contributed by atoms with Crippen molar-refractivity contribution >= 4 is 6.09 Å². The molecule has 0 atom stereocenters. The van der Waals surface area contributed by atoms with Crippen LogP contribution in [0.4, 0.5) is 4.79 Å². The molecule has 0 N–H and O–H groups in total. The SMILES string of the molecule is CC(C)(C)OC(=O)N1CCC(OC2CCN(CC3CC3)CC2)CC1. The average molecular weight is 338 g/mol. The lowest BCUT2D eigenvalue weighted by molar-refractivity contribution is -0.0665. The number of carbonyl (C=O) groups is 1. The highest BCUT2D eigenvalue weighted by Gasteiger charge is 2.31. The predicted octanol–water partition coefficient (Wildman–Crippen LogP) is 3.28. The van der Waals surface area contributed by atoms with Gasteiger partial charge in [0.15, 0.2) is 0 Å². The summed E-state index contributed by atoms with van der Waals surface area (Å²) in [5.41, 5.74) is -0.418. The van der Waals surface area contributed by atoms with Gasteiger partial charge >= 0.3 is 6.09 Å². The van der Waals surface area contributed by atoms with Crippen molar-refractivity contribution in [3.63, 3.8) is 0 Å². The van der Waals surface area contributed by atoms with E-state index in [1.165, 1.54) is 45.3 Å². The molecule has 0 spiro atoms. The average Bonchev–Trinajstić information content (AvgIpc) is 3.32. The maximum Gasteiger partial charge on any atom is 0.410 e. The quantitative estimate of drug-likeness (QED) is 0.789. The summed E-state index contributed by atoms with van der Waals surface area (Å²) in [6.45, 7) is 10.9. The van der Waals surface area contributed by atoms with Gasteiger partial charge in [-0.1, -0.05) is 0 Å². The van der Waals surface area contributed by atoms with Gasteiger partial charge in [-0.3, -0.25) is 0 Å². The summed E-state index contributed by atoms with van der Waals surface area (Å²) >= 11 is 0. The smallest absolute Gasteiger partial charge is 0.410 e. The van der Waals surface area contributed by atoms with Crippen LogP contribution in [0.15, 0.2) is 0 Å². The van der Waals surface area contributed by atoms with Crippen molar-refractivity contribution in [3.8, 4) is 0 Å². The van der Waals surface area contributed by atoms with E-state index in [1.54, 1.807) is 0 Å². The number of amides is 1. The molecule has 2 saturated heterocycles. The number of ether oxygens (including phenoxy) is 2. The zero-order valence-corrected chi connectivity index (χ0v) is 15.6. The molecule has 3 fully saturated rings. The van der Waals surface area contributed by atoms with Gasteiger partial charge in [0.25, 0.3) is 0 Å². The number of rotatable bonds is 4. The zero-order chi connectivity index (χ0) is 17.2. The van der Waals surface area contributed by atoms with Gasteiger partial charge in [-0.2, -0.15) is 0 Å². The first-order valence-electron chi connectivity index (χ1n) is 9.75. The van der Waals surface area contributed by atoms with Gasteiger partial charge < -0.3 is 19.3 Å². The Morgan fingerprint density at radius 3 is 1.96 bits per heavy atom. The lowest BCUT2D eigenvalue weighted by Gasteiger charge is -2.37. The standard InChI is InChI=1S/C19H34N2O3/c1-19(2,3)24-18(22)21-12-8-17(9-13-21)23-16-6-10-20(11-7-16)14-15-4-5-15/h15-17H,4-14H2,1-3H3. The van der Waals surface area contributed by atoms with E-state index in [4.69, 9.17) is 9.47 Å². The van der Waals surface area contributed by atoms with Crippen LogP contribution in [0.1, 0.15) is 59.3 Å². The minimum Gasteiger partial charge on any atom is -0.444 e. The molecule has 5 nitrogen and oxygen atoms in total. The fourth-order valence-electron chi connectivity index (χ4n) is 3.67. The van der Waals surface area contributed by atoms with Crippen molar-refractivity contribution < 1.29 is 14.3 Å². The van der Waals surface area contributed by atoms with E-state index in [0.29, 0.717) is 12.2 Å². The summed E-state index contributed by atoms with van der Waals surface area (Å²) in [4.78, 5) is 16.5. The summed E-state index contributed by atoms with van der Waals surface area (Å²) < 4.78 is 11.8. The molecule has 0 aromatic rings. The Hall–Kier alpha value is -0.810. The molecule has 1 amide bonds. The van der Waals surface area contributed by atoms with Crippen molar-refractivity contribution in [1.29, 1.82) is 0 Å². The van der Waals surface area contributed by atoms with E-state index < -0.39 is 5.60 Å². The van der Waals surface area contributed by atoms with Crippen LogP contribution in [0.2, 0.25) is 0 Å². The number of piperidine rings is 2. The molecule has 24 heavy (non-hydrogen) atoms. The molecule has 3 rings (SSSR count). The van der Waals surface area contributed by atoms with Crippen LogP contribution in [0, 0.1) is 5.92 Å². The molecule has 138 valence electrons. The highest BCUT2D eigenvalue weighted by atomic mass is 16.6. The Morgan fingerprint density at radius 1 is 0.917 bits per heavy atom. The molecule has 2 aliphatic heterocycles. The Kier molecular flexibility index (Phi) is 5.70. The predicted molar refractivity (Wildman–Crippen MR) is 94.1 cm³/mol. The summed E-state index contributed by atoms with van der Waals surface area (Å²) in [6.07, 6.45) is 7.61. The highest BCUT2D eigenvalue weighted by Crippen LogP contribution is 2.31. The Morgan fingerprint density at radius 2 is 1.46 bits per heavy atom. The summed E-state index contributed by atoms with van der Waals surface area (Å²) in [5.74, 6) is 0.986. The first-order chi connectivity index (χ1) is 11.4. The largest absolute Gasteiger partial charge is 0.444 e. The molecular formula is C19H34N2O3. The van der Waals surface area contributed by atoms with Crippen molar-refractivity contribution in [2.24, 2.45) is 5.92 Å². The van der Waals surface area contributed by atoms with E-state index in [2.05, 4.69) is 4.90 Å². The molecular weight excluding hydrogens is 304 g/mol. The second-order valence-corrected chi connectivity index (χ2v) is 8.75. The normalized spacial score (nSPS) is 25.0. The van der Waals surface area contributed by atoms with E-state index in [9.17, 15) is 4.79 Å². The fourth-order valence-corrected chi connectivity index (χ4v) is 3.67. The van der Waals surface area contributed by atoms with Gasteiger partial charge in [0, 0.05) is 32.7 Å². The van der Waals surface area contributed by atoms with E-state index in [0.717, 1.165) is 31.8 Å². The number of carbonyl (C=O) groups excluding carboxylic acids is 1. The molecule has 2 heterocycles. The Labute approximate surface area is 146 Å². The fraction of sp³-hybridized carbons (Fsp3) is 0.947. The van der Waals surface area contributed by atoms with Gasteiger partial charge in [-0.25, -0.2) is 4.79 Å². The first-order valence-corrected chi connectivity index (χ1v) is 9.75. The molecule has 5 heteroatoms. The number of hydrogen-bond acceptors (Lipinski definition) is 4. The van der Waals surface area contributed by atoms with Crippen LogP contribution < -0.4 is 0 Å². The summed E-state index contributed by atoms with van der Waals surface area (Å²) in [7, 11) is 0. The van der Waals surface area contributed by atoms with Crippen LogP contribution in [-0.2, 0) is 9.47 Å². The maximum absolute atomic E-state index is 12.1. The van der Waals surface area contributed by atoms with Gasteiger partial charge in [-0.15, -0.1) is 0 Å². The van der Waals surface area contributed by atoms with Gasteiger partial charge in [0.1, 0.15) is 5.60 Å². The monoisotopic (exact) mass is 338 g/mol. The van der Waals surface area contributed by atoms with E-state index in [-0.39, 0.29) is 6.09 Å². The van der Waals surface area contributed by atoms with Crippen molar-refractivity contribution in [2.45, 2.75) is 77.1 Å². The van der Waals surface area contributed by atoms with Crippen LogP contribution >= 0.6 is 0 Å². The summed E-state index contributed by atoms with van der Waals surface area (Å²) in [6, 6.07) is 0. The first kappa shape index (κ1) is 18.0. The molecule has 3 aliphatic rings. The van der Waals surface area contributed by atoms with Gasteiger partial charge in [0.05, 0.1) is 12.2 Å². The topological polar surface area (TPSA) is 42.0 Å². The van der Waals surface area contributed by atoms with Gasteiger partial charge in [-0.05, 0) is 65.2 Å². The van der Waals surface area contributed by atoms with E-state index in [1.807, 2.05) is 25.7 Å². The third kappa shape index (κ3) is 5.62. The number of hydrogen-bond donors (Lipinski definition) is 0. The number of likely N-dealkylation sites (tertiary alicyclic amines) is 2. The molecule has 0 aromatic heterocycles. The van der Waals surface area contributed by atoms with E-state index >= 15 is 0 Å². The second-order valence-electron chi connectivity index (χ2n) is 8.75. The Bertz CT molecular complexity index is 415. The minimum atomic E-state index is -0.418. The third-order valence-electron chi connectivity index (χ3n) is 5.23. The maximum atomic E-state index is 12.1. The molecule has 0 bridgehead atoms. The lowest BCUT2D eigenvalue weighted by atomic mass is 10.0. The highest BCUT2D eigenvalue weighted by molar-refractivity contribution is 5.68. The third-order valence-corrected chi connectivity index (χ3v) is 5.23. The zero-order valence-electron chi connectivity index (χ0n) is 15.6. The minimum absolute atomic E-state index is 0.186. The van der Waals surface area contributed by atoms with Crippen LogP contribution in [-0.4, -0.2) is 66.4 Å². The van der Waals surface area contributed by atoms with Crippen molar-refractivity contribution in [3.05, 3.63) is 0 Å². The van der Waals surface area contributed by atoms with Crippen molar-refractivity contribution in [1.82, 2.24) is 9.80 Å². The molecule has 1 aliphatic carbocycles. The second kappa shape index (κ2) is 7.61. The van der Waals surface area contributed by atoms with Crippen LogP contribution in [0.5, 0.6) is 0 Å². The molecule has 0 radical (unpaired) electrons. The summed E-state index contributed by atoms with van der Waals surface area (Å²) in [5, 5.41) is 0. The number of nitrogens with zero attached hydrogens (tertiary/aromatic N) is 2. The Balaban J connectivity index is 1.33. The lowest BCUT2D eigenvalue weighted by Crippen LogP contribution is -2.45. The van der Waals surface area contributed by atoms with Crippen LogP contribution in [0.25, 0.3) is 0 Å².